The number of aldehydes is 1. The Morgan fingerprint density at radius 3 is 2.50 bits per heavy atom. The molecule has 0 amide bonds. The van der Waals surface area contributed by atoms with Crippen LogP contribution in [0.25, 0.3) is 0 Å². The van der Waals surface area contributed by atoms with Gasteiger partial charge in [-0.05, 0) is 35.9 Å². The Kier molecular flexibility index (Phi) is 3.95. The van der Waals surface area contributed by atoms with E-state index in [1.165, 1.54) is 12.1 Å². The van der Waals surface area contributed by atoms with Crippen LogP contribution >= 0.6 is 11.6 Å². The summed E-state index contributed by atoms with van der Waals surface area (Å²) in [4.78, 5) is 10.3. The summed E-state index contributed by atoms with van der Waals surface area (Å²) in [5.41, 5.74) is 0.883. The molecule has 92 valence electrons. The second-order valence-electron chi connectivity index (χ2n) is 3.69. The maximum atomic E-state index is 13.5. The first-order valence-corrected chi connectivity index (χ1v) is 5.72. The fraction of sp³-hybridized carbons (Fsp3) is 0.0714. The summed E-state index contributed by atoms with van der Waals surface area (Å²) in [7, 11) is 0. The van der Waals surface area contributed by atoms with Gasteiger partial charge in [0.1, 0.15) is 12.0 Å². The lowest BCUT2D eigenvalue weighted by molar-refractivity contribution is -0.107. The third-order valence-corrected chi connectivity index (χ3v) is 2.60. The smallest absolute Gasteiger partial charge is 0.167 e. The Hall–Kier alpha value is -1.87. The van der Waals surface area contributed by atoms with Crippen molar-refractivity contribution >= 4 is 17.9 Å². The summed E-state index contributed by atoms with van der Waals surface area (Å²) in [6.07, 6.45) is 1.18. The van der Waals surface area contributed by atoms with E-state index in [1.807, 2.05) is 0 Å². The van der Waals surface area contributed by atoms with Crippen molar-refractivity contribution in [3.05, 3.63) is 58.9 Å². The Balaban J connectivity index is 2.15. The maximum absolute atomic E-state index is 13.5. The number of rotatable bonds is 4. The van der Waals surface area contributed by atoms with E-state index in [2.05, 4.69) is 0 Å². The van der Waals surface area contributed by atoms with Gasteiger partial charge in [-0.15, -0.1) is 0 Å². The van der Waals surface area contributed by atoms with Gasteiger partial charge in [-0.25, -0.2) is 4.39 Å². The van der Waals surface area contributed by atoms with Crippen molar-refractivity contribution in [3.63, 3.8) is 0 Å². The minimum atomic E-state index is -0.514. The summed E-state index contributed by atoms with van der Waals surface area (Å²) in [6.45, 7) is 0. The molecular weight excluding hydrogens is 255 g/mol. The van der Waals surface area contributed by atoms with Crippen molar-refractivity contribution in [3.8, 4) is 11.5 Å². The van der Waals surface area contributed by atoms with E-state index in [0.29, 0.717) is 17.2 Å². The zero-order valence-corrected chi connectivity index (χ0v) is 10.2. The second kappa shape index (κ2) is 5.65. The number of halogens is 2. The summed E-state index contributed by atoms with van der Waals surface area (Å²) in [6, 6.07) is 11.1. The van der Waals surface area contributed by atoms with Gasteiger partial charge in [0.25, 0.3) is 0 Å². The van der Waals surface area contributed by atoms with Crippen molar-refractivity contribution in [1.82, 2.24) is 0 Å². The molecule has 0 fully saturated rings. The molecule has 0 N–H and O–H groups in total. The van der Waals surface area contributed by atoms with E-state index in [4.69, 9.17) is 16.3 Å². The van der Waals surface area contributed by atoms with Crippen molar-refractivity contribution in [2.24, 2.45) is 0 Å². The van der Waals surface area contributed by atoms with Crippen LogP contribution in [0, 0.1) is 5.82 Å². The van der Waals surface area contributed by atoms with Crippen LogP contribution in [-0.2, 0) is 11.2 Å². The van der Waals surface area contributed by atoms with Gasteiger partial charge < -0.3 is 9.53 Å². The van der Waals surface area contributed by atoms with Crippen molar-refractivity contribution in [1.29, 1.82) is 0 Å². The Labute approximate surface area is 109 Å². The van der Waals surface area contributed by atoms with Gasteiger partial charge >= 0.3 is 0 Å². The lowest BCUT2D eigenvalue weighted by Crippen LogP contribution is -1.89. The number of benzene rings is 2. The highest BCUT2D eigenvalue weighted by molar-refractivity contribution is 6.30. The number of hydrogen-bond donors (Lipinski definition) is 0. The van der Waals surface area contributed by atoms with Crippen LogP contribution in [-0.4, -0.2) is 6.29 Å². The Morgan fingerprint density at radius 1 is 1.17 bits per heavy atom. The van der Waals surface area contributed by atoms with Gasteiger partial charge in [-0.2, -0.15) is 0 Å². The van der Waals surface area contributed by atoms with Crippen molar-refractivity contribution in [2.75, 3.05) is 0 Å². The maximum Gasteiger partial charge on any atom is 0.167 e. The summed E-state index contributed by atoms with van der Waals surface area (Å²) in [5.74, 6) is 0.105. The molecule has 0 heterocycles. The normalized spacial score (nSPS) is 10.1. The monoisotopic (exact) mass is 264 g/mol. The lowest BCUT2D eigenvalue weighted by atomic mass is 10.2. The van der Waals surface area contributed by atoms with Crippen LogP contribution in [0.5, 0.6) is 11.5 Å². The van der Waals surface area contributed by atoms with Gasteiger partial charge in [0.05, 0.1) is 0 Å². The first-order chi connectivity index (χ1) is 8.69. The molecule has 0 radical (unpaired) electrons. The molecule has 0 saturated carbocycles. The molecule has 2 nitrogen and oxygen atoms in total. The zero-order valence-electron chi connectivity index (χ0n) is 9.40. The third kappa shape index (κ3) is 3.08. The highest BCUT2D eigenvalue weighted by Crippen LogP contribution is 2.26. The van der Waals surface area contributed by atoms with Crippen LogP contribution in [0.4, 0.5) is 4.39 Å². The number of ether oxygens (including phenoxy) is 1. The molecule has 0 bridgehead atoms. The van der Waals surface area contributed by atoms with E-state index in [9.17, 15) is 9.18 Å². The molecule has 0 unspecified atom stereocenters. The molecule has 2 rings (SSSR count). The fourth-order valence-electron chi connectivity index (χ4n) is 1.47. The van der Waals surface area contributed by atoms with E-state index in [1.54, 1.807) is 30.3 Å². The van der Waals surface area contributed by atoms with Crippen LogP contribution < -0.4 is 4.74 Å². The molecule has 0 saturated heterocycles. The standard InChI is InChI=1S/C14H10ClFO2/c15-11-3-6-14(13(16)9-11)18-12-4-1-10(2-5-12)7-8-17/h1-6,8-9H,7H2. The topological polar surface area (TPSA) is 26.3 Å². The summed E-state index contributed by atoms with van der Waals surface area (Å²) < 4.78 is 18.9. The zero-order chi connectivity index (χ0) is 13.0. The van der Waals surface area contributed by atoms with Gasteiger partial charge in [0.2, 0.25) is 0 Å². The fourth-order valence-corrected chi connectivity index (χ4v) is 1.63. The number of carbonyl (C=O) groups is 1. The van der Waals surface area contributed by atoms with E-state index < -0.39 is 5.82 Å². The van der Waals surface area contributed by atoms with Gasteiger partial charge in [-0.1, -0.05) is 23.7 Å². The highest BCUT2D eigenvalue weighted by Gasteiger charge is 2.05. The molecule has 0 aliphatic heterocycles. The predicted octanol–water partition coefficient (Wildman–Crippen LogP) is 4.01. The van der Waals surface area contributed by atoms with Crippen LogP contribution in [0.2, 0.25) is 5.02 Å². The molecule has 4 heteroatoms. The average molecular weight is 265 g/mol. The molecule has 0 aliphatic rings. The SMILES string of the molecule is O=CCc1ccc(Oc2ccc(Cl)cc2F)cc1. The number of hydrogen-bond acceptors (Lipinski definition) is 2. The minimum Gasteiger partial charge on any atom is -0.454 e. The van der Waals surface area contributed by atoms with Gasteiger partial charge in [0, 0.05) is 11.4 Å². The van der Waals surface area contributed by atoms with Crippen LogP contribution in [0.15, 0.2) is 42.5 Å². The Bertz CT molecular complexity index is 552. The molecule has 2 aromatic rings. The molecular formula is C14H10ClFO2. The summed E-state index contributed by atoms with van der Waals surface area (Å²) >= 11 is 5.65. The van der Waals surface area contributed by atoms with Crippen molar-refractivity contribution < 1.29 is 13.9 Å². The molecule has 0 spiro atoms. The third-order valence-electron chi connectivity index (χ3n) is 2.36. The number of carbonyl (C=O) groups excluding carboxylic acids is 1. The van der Waals surface area contributed by atoms with Crippen LogP contribution in [0.3, 0.4) is 0 Å². The Morgan fingerprint density at radius 2 is 1.89 bits per heavy atom. The summed E-state index contributed by atoms with van der Waals surface area (Å²) in [5, 5.41) is 0.321. The molecule has 0 aromatic heterocycles. The van der Waals surface area contributed by atoms with E-state index in [-0.39, 0.29) is 5.75 Å². The predicted molar refractivity (Wildman–Crippen MR) is 67.7 cm³/mol. The molecule has 0 atom stereocenters. The van der Waals surface area contributed by atoms with Crippen molar-refractivity contribution in [2.45, 2.75) is 6.42 Å². The van der Waals surface area contributed by atoms with E-state index >= 15 is 0 Å². The molecule has 0 aliphatic carbocycles. The average Bonchev–Trinajstić information content (AvgIpc) is 2.35. The second-order valence-corrected chi connectivity index (χ2v) is 4.13. The minimum absolute atomic E-state index is 0.113. The molecule has 18 heavy (non-hydrogen) atoms. The van der Waals surface area contributed by atoms with E-state index in [0.717, 1.165) is 11.8 Å². The first kappa shape index (κ1) is 12.6. The first-order valence-electron chi connectivity index (χ1n) is 5.34. The highest BCUT2D eigenvalue weighted by atomic mass is 35.5. The quantitative estimate of drug-likeness (QED) is 0.780. The van der Waals surface area contributed by atoms with Crippen LogP contribution in [0.1, 0.15) is 5.56 Å². The van der Waals surface area contributed by atoms with Gasteiger partial charge in [-0.3, -0.25) is 0 Å². The lowest BCUT2D eigenvalue weighted by Gasteiger charge is -2.07. The van der Waals surface area contributed by atoms with Gasteiger partial charge in [0.15, 0.2) is 11.6 Å². The molecule has 2 aromatic carbocycles. The largest absolute Gasteiger partial charge is 0.454 e.